The van der Waals surface area contributed by atoms with Crippen molar-refractivity contribution in [2.75, 3.05) is 17.7 Å². The van der Waals surface area contributed by atoms with E-state index in [1.165, 1.54) is 22.6 Å². The Morgan fingerprint density at radius 2 is 2.00 bits per heavy atom. The summed E-state index contributed by atoms with van der Waals surface area (Å²) in [5, 5.41) is 4.41. The Bertz CT molecular complexity index is 1340. The molecule has 0 aliphatic carbocycles. The smallest absolute Gasteiger partial charge is 0.330 e. The summed E-state index contributed by atoms with van der Waals surface area (Å²) in [5.74, 6) is 0.489. The lowest BCUT2D eigenvalue weighted by Gasteiger charge is -2.19. The van der Waals surface area contributed by atoms with Gasteiger partial charge in [0, 0.05) is 43.2 Å². The van der Waals surface area contributed by atoms with Gasteiger partial charge < -0.3 is 15.2 Å². The Balaban J connectivity index is 1.92. The van der Waals surface area contributed by atoms with E-state index in [0.717, 1.165) is 35.6 Å². The predicted octanol–water partition coefficient (Wildman–Crippen LogP) is 2.78. The number of aromatic amines is 1. The van der Waals surface area contributed by atoms with Crippen LogP contribution >= 0.6 is 0 Å². The lowest BCUT2D eigenvalue weighted by atomic mass is 10.2. The number of carbonyl (C=O) groups is 1. The number of nitrogens with two attached hydrogens (primary N) is 1. The summed E-state index contributed by atoms with van der Waals surface area (Å²) >= 11 is 0. The van der Waals surface area contributed by atoms with E-state index in [1.54, 1.807) is 12.3 Å². The fraction of sp³-hybridized carbons (Fsp3) is 0.417. The average molecular weight is 468 g/mol. The van der Waals surface area contributed by atoms with Crippen LogP contribution in [0.5, 0.6) is 0 Å². The van der Waals surface area contributed by atoms with Crippen LogP contribution in [0, 0.1) is 13.8 Å². The maximum Gasteiger partial charge on any atom is 0.330 e. The zero-order valence-electron chi connectivity index (χ0n) is 20.6. The van der Waals surface area contributed by atoms with Gasteiger partial charge in [-0.05, 0) is 51.8 Å². The van der Waals surface area contributed by atoms with Gasteiger partial charge in [-0.3, -0.25) is 19.1 Å². The third kappa shape index (κ3) is 4.61. The molecule has 34 heavy (non-hydrogen) atoms. The molecule has 0 unspecified atom stereocenters. The molecule has 0 radical (unpaired) electrons. The molecule has 0 aromatic carbocycles. The number of likely N-dealkylation sites (N-methyl/N-ethyl adjacent to an activating group) is 1. The number of amides is 1. The van der Waals surface area contributed by atoms with E-state index in [2.05, 4.69) is 28.5 Å². The maximum atomic E-state index is 12.9. The van der Waals surface area contributed by atoms with Crippen LogP contribution in [0.4, 0.5) is 11.5 Å². The number of nitrogen functional groups attached to an aromatic ring is 1. The Hall–Kier alpha value is -3.82. The molecular formula is C24H33N7O3. The van der Waals surface area contributed by atoms with Crippen LogP contribution < -0.4 is 21.9 Å². The largest absolute Gasteiger partial charge is 0.383 e. The average Bonchev–Trinajstić information content (AvgIpc) is 3.35. The highest BCUT2D eigenvalue weighted by atomic mass is 16.2. The molecule has 1 amide bonds. The second-order valence-electron chi connectivity index (χ2n) is 8.62. The van der Waals surface area contributed by atoms with Gasteiger partial charge in [0.05, 0.1) is 6.20 Å². The number of aromatic nitrogens is 5. The number of hydrogen-bond acceptors (Lipinski definition) is 5. The number of nitrogens with zero attached hydrogens (tertiary/aromatic N) is 5. The monoisotopic (exact) mass is 467 g/mol. The summed E-state index contributed by atoms with van der Waals surface area (Å²) in [6.07, 6.45) is 6.45. The minimum Gasteiger partial charge on any atom is -0.383 e. The Morgan fingerprint density at radius 3 is 2.65 bits per heavy atom. The van der Waals surface area contributed by atoms with E-state index in [1.807, 2.05) is 37.6 Å². The van der Waals surface area contributed by atoms with Gasteiger partial charge in [0.1, 0.15) is 11.6 Å². The van der Waals surface area contributed by atoms with E-state index < -0.39 is 17.2 Å². The van der Waals surface area contributed by atoms with Gasteiger partial charge in [-0.2, -0.15) is 5.10 Å². The molecule has 0 aliphatic heterocycles. The van der Waals surface area contributed by atoms with Gasteiger partial charge in [-0.15, -0.1) is 0 Å². The molecule has 0 bridgehead atoms. The number of anilines is 2. The molecule has 3 heterocycles. The van der Waals surface area contributed by atoms with Crippen molar-refractivity contribution in [2.45, 2.75) is 60.0 Å². The molecule has 3 rings (SSSR count). The second kappa shape index (κ2) is 9.98. The van der Waals surface area contributed by atoms with Crippen LogP contribution in [0.2, 0.25) is 0 Å². The van der Waals surface area contributed by atoms with Crippen molar-refractivity contribution in [3.05, 3.63) is 62.2 Å². The zero-order chi connectivity index (χ0) is 25.2. The van der Waals surface area contributed by atoms with Crippen molar-refractivity contribution in [1.29, 1.82) is 0 Å². The highest BCUT2D eigenvalue weighted by Gasteiger charge is 2.20. The first kappa shape index (κ1) is 24.8. The summed E-state index contributed by atoms with van der Waals surface area (Å²) < 4.78 is 5.32. The van der Waals surface area contributed by atoms with Crippen molar-refractivity contribution in [3.63, 3.8) is 0 Å². The third-order valence-electron chi connectivity index (χ3n) is 5.86. The molecule has 0 atom stereocenters. The van der Waals surface area contributed by atoms with Gasteiger partial charge in [-0.25, -0.2) is 9.48 Å². The fourth-order valence-corrected chi connectivity index (χ4v) is 4.01. The Labute approximate surface area is 198 Å². The molecule has 3 aromatic rings. The van der Waals surface area contributed by atoms with Gasteiger partial charge in [0.15, 0.2) is 5.69 Å². The number of rotatable bonds is 8. The van der Waals surface area contributed by atoms with Gasteiger partial charge in [0.2, 0.25) is 0 Å². The number of nitrogens with one attached hydrogen (secondary N) is 1. The summed E-state index contributed by atoms with van der Waals surface area (Å²) in [6, 6.07) is 4.14. The van der Waals surface area contributed by atoms with Crippen molar-refractivity contribution in [3.8, 4) is 5.82 Å². The number of hydrogen-bond donors (Lipinski definition) is 2. The minimum atomic E-state index is -0.695. The summed E-state index contributed by atoms with van der Waals surface area (Å²) in [5.41, 5.74) is 7.63. The highest BCUT2D eigenvalue weighted by Crippen LogP contribution is 2.24. The molecule has 182 valence electrons. The molecule has 3 N–H and O–H groups in total. The van der Waals surface area contributed by atoms with Crippen molar-refractivity contribution in [1.82, 2.24) is 23.9 Å². The van der Waals surface area contributed by atoms with Crippen LogP contribution in [0.15, 0.2) is 34.0 Å². The molecule has 3 aromatic heterocycles. The molecule has 10 heteroatoms. The van der Waals surface area contributed by atoms with Crippen LogP contribution in [-0.2, 0) is 11.3 Å². The van der Waals surface area contributed by atoms with E-state index in [0.29, 0.717) is 6.54 Å². The fourth-order valence-electron chi connectivity index (χ4n) is 4.01. The highest BCUT2D eigenvalue weighted by molar-refractivity contribution is 6.04. The number of carbonyl (C=O) groups excluding carboxylic acids is 1. The van der Waals surface area contributed by atoms with Crippen LogP contribution in [0.3, 0.4) is 0 Å². The topological polar surface area (TPSA) is 124 Å². The number of H-pyrrole nitrogens is 1. The maximum absolute atomic E-state index is 12.9. The third-order valence-corrected chi connectivity index (χ3v) is 5.86. The predicted molar refractivity (Wildman–Crippen MR) is 135 cm³/mol. The van der Waals surface area contributed by atoms with Crippen molar-refractivity contribution in [2.24, 2.45) is 0 Å². The van der Waals surface area contributed by atoms with E-state index in [9.17, 15) is 14.4 Å². The summed E-state index contributed by atoms with van der Waals surface area (Å²) in [7, 11) is 1.46. The van der Waals surface area contributed by atoms with Crippen LogP contribution in [-0.4, -0.2) is 36.9 Å². The van der Waals surface area contributed by atoms with E-state index in [4.69, 9.17) is 5.73 Å². The lowest BCUT2D eigenvalue weighted by molar-refractivity contribution is -0.113. The van der Waals surface area contributed by atoms with Gasteiger partial charge >= 0.3 is 5.69 Å². The molecule has 10 nitrogen and oxygen atoms in total. The van der Waals surface area contributed by atoms with E-state index >= 15 is 0 Å². The van der Waals surface area contributed by atoms with Gasteiger partial charge in [-0.1, -0.05) is 13.3 Å². The number of aryl methyl sites for hydroxylation is 1. The number of unbranched alkanes of at least 4 members (excludes halogenated alkanes) is 1. The SMILES string of the molecule is CCCCn1c(N)c(N(C)C(=O)C=Cc2cc(C)n(-c3ccnn3C(C)C)c2C)c(=O)[nH]c1=O. The molecular weight excluding hydrogens is 434 g/mol. The first-order valence-corrected chi connectivity index (χ1v) is 11.4. The van der Waals surface area contributed by atoms with Crippen molar-refractivity contribution < 1.29 is 4.79 Å². The quantitative estimate of drug-likeness (QED) is 0.493. The first-order valence-electron chi connectivity index (χ1n) is 11.4. The molecule has 0 saturated carbocycles. The minimum absolute atomic E-state index is 0.0217. The standard InChI is InChI=1S/C24H33N7O3/c1-7-8-13-29-22(25)21(23(33)27-24(29)34)28(6)20(32)10-9-18-14-16(4)30(17(18)5)19-11-12-26-31(19)15(2)3/h9-12,14-15H,7-8,13,25H2,1-6H3,(H,27,33,34). The molecule has 0 fully saturated rings. The molecule has 0 spiro atoms. The lowest BCUT2D eigenvalue weighted by Crippen LogP contribution is -2.38. The molecule has 0 saturated heterocycles. The van der Waals surface area contributed by atoms with E-state index in [-0.39, 0.29) is 17.5 Å². The summed E-state index contributed by atoms with van der Waals surface area (Å²) in [6.45, 7) is 10.5. The van der Waals surface area contributed by atoms with Crippen LogP contribution in [0.25, 0.3) is 11.9 Å². The van der Waals surface area contributed by atoms with Crippen molar-refractivity contribution >= 4 is 23.5 Å². The second-order valence-corrected chi connectivity index (χ2v) is 8.62. The zero-order valence-corrected chi connectivity index (χ0v) is 20.6. The van der Waals surface area contributed by atoms with Gasteiger partial charge in [0.25, 0.3) is 11.5 Å². The Kier molecular flexibility index (Phi) is 7.29. The summed E-state index contributed by atoms with van der Waals surface area (Å²) in [4.78, 5) is 41.0. The normalized spacial score (nSPS) is 11.6. The Morgan fingerprint density at radius 1 is 1.29 bits per heavy atom. The molecule has 0 aliphatic rings. The first-order chi connectivity index (χ1) is 16.1. The van der Waals surface area contributed by atoms with Crippen LogP contribution in [0.1, 0.15) is 56.6 Å².